The molecule has 0 unspecified atom stereocenters. The Balaban J connectivity index is 0.940. The molecule has 0 bridgehead atoms. The summed E-state index contributed by atoms with van der Waals surface area (Å²) in [6, 6.07) is 111. The molecule has 75 heavy (non-hydrogen) atoms. The van der Waals surface area contributed by atoms with Crippen LogP contribution in [0.25, 0.3) is 83.1 Å². The standard InChI is InChI=1S/C73H50N2/c1-7-22-51(23-8-1)55-39-43-71-68(48-55)67-41-38-56(49-72(67)75(71)62-34-17-6-18-35-62)53-26-21-27-54(44-53)58-45-57(52-24-9-2-10-25-52)46-64(47-58)74(61-32-15-5-16-33-61)63-40-42-66-65-36-19-20-37-69(65)73(70(66)50-63,59-28-11-3-12-29-59)60-30-13-4-14-31-60/h1-50H. The van der Waals surface area contributed by atoms with E-state index in [0.717, 1.165) is 56.1 Å². The number of aromatic nitrogens is 1. The van der Waals surface area contributed by atoms with E-state index >= 15 is 0 Å². The first-order valence-electron chi connectivity index (χ1n) is 25.9. The molecule has 0 saturated carbocycles. The lowest BCUT2D eigenvalue weighted by atomic mass is 9.67. The van der Waals surface area contributed by atoms with Crippen molar-refractivity contribution in [3.05, 3.63) is 326 Å². The molecule has 0 fully saturated rings. The van der Waals surface area contributed by atoms with Crippen molar-refractivity contribution in [3.63, 3.8) is 0 Å². The highest BCUT2D eigenvalue weighted by molar-refractivity contribution is 6.11. The SMILES string of the molecule is c1ccc(-c2cc(-c3cccc(-c4ccc5c6cc(-c7ccccc7)ccc6n(-c6ccccc6)c5c4)c3)cc(N(c3ccccc3)c3ccc4c(c3)C(c3ccccc3)(c3ccccc3)c3ccccc3-4)c2)cc1. The van der Waals surface area contributed by atoms with Gasteiger partial charge in [0.25, 0.3) is 0 Å². The summed E-state index contributed by atoms with van der Waals surface area (Å²) < 4.78 is 2.42. The summed E-state index contributed by atoms with van der Waals surface area (Å²) in [4.78, 5) is 2.45. The van der Waals surface area contributed by atoms with Gasteiger partial charge in [-0.1, -0.05) is 224 Å². The van der Waals surface area contributed by atoms with Crippen molar-refractivity contribution in [1.29, 1.82) is 0 Å². The van der Waals surface area contributed by atoms with E-state index in [1.807, 2.05) is 0 Å². The van der Waals surface area contributed by atoms with Crippen LogP contribution < -0.4 is 4.90 Å². The van der Waals surface area contributed by atoms with Gasteiger partial charge in [-0.2, -0.15) is 0 Å². The highest BCUT2D eigenvalue weighted by Gasteiger charge is 2.46. The summed E-state index contributed by atoms with van der Waals surface area (Å²) in [6.45, 7) is 0. The molecule has 12 aromatic carbocycles. The minimum absolute atomic E-state index is 0.534. The summed E-state index contributed by atoms with van der Waals surface area (Å²) in [7, 11) is 0. The van der Waals surface area contributed by atoms with Crippen LogP contribution in [0, 0.1) is 0 Å². The molecule has 2 heteroatoms. The molecule has 352 valence electrons. The molecule has 1 aliphatic rings. The molecule has 0 amide bonds. The number of anilines is 3. The van der Waals surface area contributed by atoms with Gasteiger partial charge >= 0.3 is 0 Å². The van der Waals surface area contributed by atoms with Crippen LogP contribution >= 0.6 is 0 Å². The molecule has 2 nitrogen and oxygen atoms in total. The van der Waals surface area contributed by atoms with Gasteiger partial charge < -0.3 is 9.47 Å². The Kier molecular flexibility index (Phi) is 10.8. The fourth-order valence-electron chi connectivity index (χ4n) is 12.0. The number of benzene rings is 12. The maximum Gasteiger partial charge on any atom is 0.0714 e. The zero-order chi connectivity index (χ0) is 49.7. The second kappa shape index (κ2) is 18.4. The summed E-state index contributed by atoms with van der Waals surface area (Å²) in [6.07, 6.45) is 0. The number of hydrogen-bond acceptors (Lipinski definition) is 1. The molecule has 0 radical (unpaired) electrons. The third kappa shape index (κ3) is 7.49. The van der Waals surface area contributed by atoms with E-state index in [1.165, 1.54) is 66.3 Å². The Hall–Kier alpha value is -9.76. The number of fused-ring (bicyclic) bond motifs is 6. The monoisotopic (exact) mass is 954 g/mol. The van der Waals surface area contributed by atoms with Crippen molar-refractivity contribution < 1.29 is 0 Å². The third-order valence-corrected chi connectivity index (χ3v) is 15.4. The first-order valence-corrected chi connectivity index (χ1v) is 25.9. The first kappa shape index (κ1) is 44.0. The zero-order valence-electron chi connectivity index (χ0n) is 41.3. The van der Waals surface area contributed by atoms with Crippen molar-refractivity contribution in [2.75, 3.05) is 4.90 Å². The second-order valence-electron chi connectivity index (χ2n) is 19.6. The lowest BCUT2D eigenvalue weighted by Crippen LogP contribution is -2.28. The molecule has 1 heterocycles. The Morgan fingerprint density at radius 1 is 0.253 bits per heavy atom. The Morgan fingerprint density at radius 3 is 1.43 bits per heavy atom. The van der Waals surface area contributed by atoms with Crippen molar-refractivity contribution >= 4 is 38.9 Å². The van der Waals surface area contributed by atoms with Crippen LogP contribution in [0.5, 0.6) is 0 Å². The molecule has 13 aromatic rings. The molecular weight excluding hydrogens is 905 g/mol. The van der Waals surface area contributed by atoms with Gasteiger partial charge in [-0.3, -0.25) is 0 Å². The van der Waals surface area contributed by atoms with Gasteiger partial charge in [0.15, 0.2) is 0 Å². The fourth-order valence-corrected chi connectivity index (χ4v) is 12.0. The van der Waals surface area contributed by atoms with Crippen LogP contribution in [0.15, 0.2) is 303 Å². The fraction of sp³-hybridized carbons (Fsp3) is 0.0137. The van der Waals surface area contributed by atoms with Gasteiger partial charge in [-0.05, 0) is 157 Å². The molecule has 0 aliphatic heterocycles. The molecule has 0 spiro atoms. The van der Waals surface area contributed by atoms with Gasteiger partial charge in [-0.15, -0.1) is 0 Å². The summed E-state index contributed by atoms with van der Waals surface area (Å²) in [5.41, 5.74) is 23.2. The van der Waals surface area contributed by atoms with E-state index in [4.69, 9.17) is 0 Å². The Bertz CT molecular complexity index is 4160. The largest absolute Gasteiger partial charge is 0.310 e. The number of para-hydroxylation sites is 2. The highest BCUT2D eigenvalue weighted by Crippen LogP contribution is 2.57. The molecule has 14 rings (SSSR count). The molecule has 0 saturated heterocycles. The third-order valence-electron chi connectivity index (χ3n) is 15.4. The van der Waals surface area contributed by atoms with E-state index in [9.17, 15) is 0 Å². The molecule has 0 N–H and O–H groups in total. The van der Waals surface area contributed by atoms with Crippen LogP contribution in [0.3, 0.4) is 0 Å². The topological polar surface area (TPSA) is 8.17 Å². The number of rotatable bonds is 10. The Morgan fingerprint density at radius 2 is 0.747 bits per heavy atom. The lowest BCUT2D eigenvalue weighted by Gasteiger charge is -2.35. The van der Waals surface area contributed by atoms with E-state index < -0.39 is 5.41 Å². The van der Waals surface area contributed by atoms with Crippen molar-refractivity contribution in [3.8, 4) is 61.3 Å². The van der Waals surface area contributed by atoms with Gasteiger partial charge in [0.2, 0.25) is 0 Å². The summed E-state index contributed by atoms with van der Waals surface area (Å²) in [5, 5.41) is 2.47. The predicted octanol–water partition coefficient (Wildman–Crippen LogP) is 19.3. The predicted molar refractivity (Wildman–Crippen MR) is 315 cm³/mol. The van der Waals surface area contributed by atoms with Crippen LogP contribution in [0.4, 0.5) is 17.1 Å². The lowest BCUT2D eigenvalue weighted by molar-refractivity contribution is 0.768. The average molecular weight is 955 g/mol. The molecule has 1 aromatic heterocycles. The summed E-state index contributed by atoms with van der Waals surface area (Å²) >= 11 is 0. The van der Waals surface area contributed by atoms with E-state index in [-0.39, 0.29) is 0 Å². The van der Waals surface area contributed by atoms with Crippen LogP contribution in [-0.2, 0) is 5.41 Å². The summed E-state index contributed by atoms with van der Waals surface area (Å²) in [5.74, 6) is 0. The quantitative estimate of drug-likeness (QED) is 0.133. The molecular formula is C73H50N2. The van der Waals surface area contributed by atoms with Crippen molar-refractivity contribution in [2.24, 2.45) is 0 Å². The first-order chi connectivity index (χ1) is 37.2. The minimum Gasteiger partial charge on any atom is -0.310 e. The number of hydrogen-bond donors (Lipinski definition) is 0. The molecule has 1 aliphatic carbocycles. The van der Waals surface area contributed by atoms with E-state index in [2.05, 4.69) is 313 Å². The number of nitrogens with zero attached hydrogens (tertiary/aromatic N) is 2. The van der Waals surface area contributed by atoms with Gasteiger partial charge in [0.05, 0.1) is 16.4 Å². The minimum atomic E-state index is -0.534. The zero-order valence-corrected chi connectivity index (χ0v) is 41.3. The van der Waals surface area contributed by atoms with Gasteiger partial charge in [-0.25, -0.2) is 0 Å². The highest BCUT2D eigenvalue weighted by atomic mass is 15.1. The maximum absolute atomic E-state index is 2.46. The van der Waals surface area contributed by atoms with Crippen molar-refractivity contribution in [1.82, 2.24) is 4.57 Å². The molecule has 0 atom stereocenters. The van der Waals surface area contributed by atoms with Crippen LogP contribution in [-0.4, -0.2) is 4.57 Å². The van der Waals surface area contributed by atoms with Gasteiger partial charge in [0.1, 0.15) is 0 Å². The second-order valence-corrected chi connectivity index (χ2v) is 19.6. The average Bonchev–Trinajstić information content (AvgIpc) is 4.07. The normalized spacial score (nSPS) is 12.4. The van der Waals surface area contributed by atoms with E-state index in [0.29, 0.717) is 0 Å². The van der Waals surface area contributed by atoms with E-state index in [1.54, 1.807) is 0 Å². The van der Waals surface area contributed by atoms with Crippen molar-refractivity contribution in [2.45, 2.75) is 5.41 Å². The maximum atomic E-state index is 2.46. The van der Waals surface area contributed by atoms with Crippen LogP contribution in [0.2, 0.25) is 0 Å². The Labute approximate surface area is 438 Å². The van der Waals surface area contributed by atoms with Crippen LogP contribution in [0.1, 0.15) is 22.3 Å². The smallest absolute Gasteiger partial charge is 0.0714 e. The van der Waals surface area contributed by atoms with Gasteiger partial charge in [0, 0.05) is 33.5 Å².